The molecule has 0 atom stereocenters. The van der Waals surface area contributed by atoms with Crippen molar-refractivity contribution in [2.24, 2.45) is 5.16 Å². The van der Waals surface area contributed by atoms with Crippen molar-refractivity contribution < 1.29 is 8.95 Å². The third-order valence-corrected chi connectivity index (χ3v) is 2.22. The quantitative estimate of drug-likeness (QED) is 0.746. The molecule has 14 heavy (non-hydrogen) atoms. The minimum atomic E-state index is -2.48. The minimum Gasteiger partial charge on any atom is -0.399 e. The summed E-state index contributed by atoms with van der Waals surface area (Å²) in [5.74, 6) is 0.584. The first-order chi connectivity index (χ1) is 7.94. The molecule has 0 unspecified atom stereocenters. The van der Waals surface area contributed by atoms with Crippen LogP contribution in [0.4, 0.5) is 5.95 Å². The maximum Gasteiger partial charge on any atom is 0.226 e. The van der Waals surface area contributed by atoms with Gasteiger partial charge in [-0.15, -0.1) is 0 Å². The topological polar surface area (TPSA) is 50.6 Å². The summed E-state index contributed by atoms with van der Waals surface area (Å²) in [5, 5.41) is 3.54. The van der Waals surface area contributed by atoms with Crippen LogP contribution < -0.4 is 4.90 Å². The van der Waals surface area contributed by atoms with E-state index in [1.54, 1.807) is 12.4 Å². The Bertz CT molecular complexity index is 425. The molecule has 74 valence electrons. The summed E-state index contributed by atoms with van der Waals surface area (Å²) in [7, 11) is -2.48. The van der Waals surface area contributed by atoms with Gasteiger partial charge in [0, 0.05) is 12.4 Å². The molecule has 6 heteroatoms. The molecule has 1 aliphatic rings. The molecular formula is C8H9BrN4O. The van der Waals surface area contributed by atoms with Crippen LogP contribution >= 0.6 is 15.9 Å². The summed E-state index contributed by atoms with van der Waals surface area (Å²) in [4.78, 5) is 14.4. The van der Waals surface area contributed by atoms with Crippen LogP contribution in [-0.2, 0) is 4.84 Å². The van der Waals surface area contributed by atoms with Gasteiger partial charge in [0.25, 0.3) is 0 Å². The fourth-order valence-electron chi connectivity index (χ4n) is 1.13. The number of halogens is 1. The Morgan fingerprint density at radius 3 is 2.93 bits per heavy atom. The van der Waals surface area contributed by atoms with Gasteiger partial charge in [-0.1, -0.05) is 5.16 Å². The van der Waals surface area contributed by atoms with E-state index < -0.39 is 7.04 Å². The maximum absolute atomic E-state index is 6.82. The lowest BCUT2D eigenvalue weighted by Crippen LogP contribution is -2.48. The zero-order chi connectivity index (χ0) is 12.5. The van der Waals surface area contributed by atoms with Crippen molar-refractivity contribution in [3.05, 3.63) is 16.9 Å². The standard InChI is InChI=1S/C8H9BrN4O/c1-14-12-7-4-13(5-7)8-10-2-6(9)3-11-8/h2-3H,4-5H2,1H3/i1D3. The van der Waals surface area contributed by atoms with Gasteiger partial charge in [0.1, 0.15) is 7.04 Å². The first kappa shape index (κ1) is 6.34. The monoisotopic (exact) mass is 259 g/mol. The van der Waals surface area contributed by atoms with Gasteiger partial charge in [0.05, 0.1) is 27.4 Å². The number of oxime groups is 1. The Hall–Kier alpha value is -1.17. The summed E-state index contributed by atoms with van der Waals surface area (Å²) in [6.45, 7) is 0.968. The van der Waals surface area contributed by atoms with E-state index in [1.165, 1.54) is 0 Å². The van der Waals surface area contributed by atoms with E-state index in [2.05, 4.69) is 35.9 Å². The second-order valence-electron chi connectivity index (χ2n) is 2.81. The highest BCUT2D eigenvalue weighted by Crippen LogP contribution is 2.15. The predicted octanol–water partition coefficient (Wildman–Crippen LogP) is 1.06. The average molecular weight is 260 g/mol. The van der Waals surface area contributed by atoms with Crippen molar-refractivity contribution in [3.63, 3.8) is 0 Å². The minimum absolute atomic E-state index is 0.484. The predicted molar refractivity (Wildman–Crippen MR) is 56.4 cm³/mol. The highest BCUT2D eigenvalue weighted by atomic mass is 79.9. The molecule has 1 aliphatic heterocycles. The van der Waals surface area contributed by atoms with Gasteiger partial charge in [-0.2, -0.15) is 0 Å². The molecule has 5 nitrogen and oxygen atoms in total. The lowest BCUT2D eigenvalue weighted by Gasteiger charge is -2.31. The smallest absolute Gasteiger partial charge is 0.226 e. The fraction of sp³-hybridized carbons (Fsp3) is 0.375. The maximum atomic E-state index is 6.82. The second-order valence-corrected chi connectivity index (χ2v) is 3.72. The summed E-state index contributed by atoms with van der Waals surface area (Å²) < 4.78 is 21.3. The SMILES string of the molecule is [2H]C([2H])([2H])ON=C1CN(c2ncc(Br)cn2)C1. The number of rotatable bonds is 2. The Morgan fingerprint density at radius 1 is 1.57 bits per heavy atom. The highest BCUT2D eigenvalue weighted by Gasteiger charge is 2.24. The van der Waals surface area contributed by atoms with Crippen LogP contribution in [0.25, 0.3) is 0 Å². The molecule has 0 spiro atoms. The zero-order valence-electron chi connectivity index (χ0n) is 10.1. The first-order valence-corrected chi connectivity index (χ1v) is 4.70. The first-order valence-electron chi connectivity index (χ1n) is 5.40. The molecule has 0 bridgehead atoms. The molecule has 0 radical (unpaired) electrons. The van der Waals surface area contributed by atoms with Gasteiger partial charge in [-0.25, -0.2) is 9.97 Å². The summed E-state index contributed by atoms with van der Waals surface area (Å²) >= 11 is 3.24. The average Bonchev–Trinajstić information content (AvgIpc) is 2.16. The molecular weight excluding hydrogens is 248 g/mol. The van der Waals surface area contributed by atoms with Gasteiger partial charge in [0.15, 0.2) is 0 Å². The number of anilines is 1. The Balaban J connectivity index is 1.88. The molecule has 1 fully saturated rings. The van der Waals surface area contributed by atoms with Crippen LogP contribution in [-0.4, -0.2) is 35.8 Å². The van der Waals surface area contributed by atoms with Crippen LogP contribution in [0.3, 0.4) is 0 Å². The van der Waals surface area contributed by atoms with Crippen LogP contribution in [0.15, 0.2) is 22.0 Å². The van der Waals surface area contributed by atoms with E-state index in [4.69, 9.17) is 4.11 Å². The van der Waals surface area contributed by atoms with Crippen molar-refractivity contribution in [2.45, 2.75) is 0 Å². The molecule has 1 aromatic rings. The third-order valence-electron chi connectivity index (χ3n) is 1.81. The molecule has 0 aromatic carbocycles. The van der Waals surface area contributed by atoms with Crippen molar-refractivity contribution in [1.82, 2.24) is 9.97 Å². The number of nitrogens with zero attached hydrogens (tertiary/aromatic N) is 4. The highest BCUT2D eigenvalue weighted by molar-refractivity contribution is 9.10. The van der Waals surface area contributed by atoms with E-state index in [1.807, 2.05) is 4.90 Å². The molecule has 1 aromatic heterocycles. The Kier molecular flexibility index (Phi) is 1.77. The van der Waals surface area contributed by atoms with Crippen molar-refractivity contribution in [1.29, 1.82) is 0 Å². The molecule has 0 N–H and O–H groups in total. The van der Waals surface area contributed by atoms with Crippen molar-refractivity contribution in [3.8, 4) is 0 Å². The number of hydrogen-bond donors (Lipinski definition) is 0. The lowest BCUT2D eigenvalue weighted by atomic mass is 10.2. The van der Waals surface area contributed by atoms with E-state index >= 15 is 0 Å². The van der Waals surface area contributed by atoms with E-state index in [0.29, 0.717) is 24.7 Å². The Labute approximate surface area is 94.1 Å². The van der Waals surface area contributed by atoms with Crippen LogP contribution in [0.1, 0.15) is 4.11 Å². The van der Waals surface area contributed by atoms with Gasteiger partial charge >= 0.3 is 0 Å². The van der Waals surface area contributed by atoms with E-state index in [-0.39, 0.29) is 0 Å². The molecule has 2 heterocycles. The van der Waals surface area contributed by atoms with Crippen LogP contribution in [0.2, 0.25) is 0 Å². The summed E-state index contributed by atoms with van der Waals surface area (Å²) in [5.41, 5.74) is 0.660. The molecule has 0 saturated carbocycles. The lowest BCUT2D eigenvalue weighted by molar-refractivity contribution is 0.211. The van der Waals surface area contributed by atoms with Gasteiger partial charge in [-0.3, -0.25) is 0 Å². The van der Waals surface area contributed by atoms with E-state index in [0.717, 1.165) is 4.47 Å². The van der Waals surface area contributed by atoms with Crippen LogP contribution in [0, 0.1) is 0 Å². The molecule has 0 aliphatic carbocycles. The third kappa shape index (κ3) is 1.84. The Morgan fingerprint density at radius 2 is 2.29 bits per heavy atom. The van der Waals surface area contributed by atoms with Gasteiger partial charge in [-0.05, 0) is 15.9 Å². The number of hydrogen-bond acceptors (Lipinski definition) is 5. The number of aromatic nitrogens is 2. The summed E-state index contributed by atoms with van der Waals surface area (Å²) in [6.07, 6.45) is 3.30. The fourth-order valence-corrected chi connectivity index (χ4v) is 1.33. The summed E-state index contributed by atoms with van der Waals surface area (Å²) in [6, 6.07) is 0. The van der Waals surface area contributed by atoms with E-state index in [9.17, 15) is 0 Å². The molecule has 0 amide bonds. The molecule has 1 saturated heterocycles. The van der Waals surface area contributed by atoms with Gasteiger partial charge < -0.3 is 9.74 Å². The molecule has 2 rings (SSSR count). The van der Waals surface area contributed by atoms with Gasteiger partial charge in [0.2, 0.25) is 5.95 Å². The van der Waals surface area contributed by atoms with Crippen molar-refractivity contribution in [2.75, 3.05) is 25.0 Å². The van der Waals surface area contributed by atoms with Crippen molar-refractivity contribution >= 4 is 27.6 Å². The second kappa shape index (κ2) is 3.91. The largest absolute Gasteiger partial charge is 0.399 e. The van der Waals surface area contributed by atoms with Crippen LogP contribution in [0.5, 0.6) is 0 Å². The zero-order valence-corrected chi connectivity index (χ0v) is 8.73. The normalized spacial score (nSPS) is 19.1.